The molecule has 0 aliphatic carbocycles. The minimum Gasteiger partial charge on any atom is -0.550 e. The van der Waals surface area contributed by atoms with Crippen LogP contribution in [0.4, 0.5) is 0 Å². The summed E-state index contributed by atoms with van der Waals surface area (Å²) in [6.45, 7) is 0. The van der Waals surface area contributed by atoms with Crippen molar-refractivity contribution in [2.24, 2.45) is 0 Å². The monoisotopic (exact) mass is 232 g/mol. The van der Waals surface area contributed by atoms with E-state index in [0.29, 0.717) is 16.9 Å². The molecule has 2 aromatic rings. The lowest BCUT2D eigenvalue weighted by Crippen LogP contribution is -2.22. The number of aromatic nitrogens is 2. The number of benzene rings is 1. The average molecular weight is 232 g/mol. The van der Waals surface area contributed by atoms with Crippen LogP contribution >= 0.6 is 0 Å². The van der Waals surface area contributed by atoms with Crippen molar-refractivity contribution in [1.82, 2.24) is 9.97 Å². The molecule has 0 saturated carbocycles. The number of aromatic carboxylic acids is 1. The number of fused-ring (bicyclic) bond motifs is 1. The van der Waals surface area contributed by atoms with E-state index in [1.807, 2.05) is 0 Å². The first-order valence-corrected chi connectivity index (χ1v) is 4.96. The van der Waals surface area contributed by atoms with E-state index in [2.05, 4.69) is 9.97 Å². The number of aryl methyl sites for hydroxylation is 1. The van der Waals surface area contributed by atoms with Crippen molar-refractivity contribution < 1.29 is 19.8 Å². The zero-order valence-electron chi connectivity index (χ0n) is 8.73. The fourth-order valence-corrected chi connectivity index (χ4v) is 1.53. The van der Waals surface area contributed by atoms with Gasteiger partial charge in [0.05, 0.1) is 17.0 Å². The van der Waals surface area contributed by atoms with Gasteiger partial charge in [-0.1, -0.05) is 6.07 Å². The first-order valence-electron chi connectivity index (χ1n) is 4.96. The molecule has 0 atom stereocenters. The van der Waals surface area contributed by atoms with Crippen LogP contribution in [0.3, 0.4) is 0 Å². The average Bonchev–Trinajstić information content (AvgIpc) is 2.67. The summed E-state index contributed by atoms with van der Waals surface area (Å²) in [5.74, 6) is -1.93. The summed E-state index contributed by atoms with van der Waals surface area (Å²) < 4.78 is 0. The van der Waals surface area contributed by atoms with Crippen LogP contribution in [0.15, 0.2) is 18.2 Å². The molecule has 0 saturated heterocycles. The van der Waals surface area contributed by atoms with Crippen molar-refractivity contribution in [3.63, 3.8) is 0 Å². The smallest absolute Gasteiger partial charge is 0.107 e. The minimum atomic E-state index is -1.27. The normalized spacial score (nSPS) is 10.6. The maximum atomic E-state index is 10.6. The van der Waals surface area contributed by atoms with Crippen molar-refractivity contribution >= 4 is 23.0 Å². The molecule has 0 aliphatic heterocycles. The molecule has 0 bridgehead atoms. The van der Waals surface area contributed by atoms with Gasteiger partial charge in [0.25, 0.3) is 0 Å². The largest absolute Gasteiger partial charge is 0.550 e. The van der Waals surface area contributed by atoms with E-state index in [1.54, 1.807) is 6.07 Å². The molecule has 17 heavy (non-hydrogen) atoms. The predicted molar refractivity (Wildman–Crippen MR) is 53.8 cm³/mol. The first-order chi connectivity index (χ1) is 8.06. The summed E-state index contributed by atoms with van der Waals surface area (Å²) >= 11 is 0. The molecule has 2 rings (SSSR count). The molecule has 0 aliphatic rings. The van der Waals surface area contributed by atoms with Crippen molar-refractivity contribution in [2.45, 2.75) is 12.8 Å². The minimum absolute atomic E-state index is 0.0487. The van der Waals surface area contributed by atoms with E-state index in [1.165, 1.54) is 12.1 Å². The van der Waals surface area contributed by atoms with Crippen LogP contribution < -0.4 is 10.2 Å². The Morgan fingerprint density at radius 3 is 2.71 bits per heavy atom. The Bertz CT molecular complexity index is 588. The second-order valence-corrected chi connectivity index (χ2v) is 3.57. The fourth-order valence-electron chi connectivity index (χ4n) is 1.53. The van der Waals surface area contributed by atoms with Crippen molar-refractivity contribution in [3.05, 3.63) is 29.6 Å². The Balaban J connectivity index is 2.30. The number of carboxylic acid groups (broad SMARTS) is 2. The second kappa shape index (κ2) is 4.25. The lowest BCUT2D eigenvalue weighted by Gasteiger charge is -2.00. The van der Waals surface area contributed by atoms with E-state index in [4.69, 9.17) is 0 Å². The highest BCUT2D eigenvalue weighted by molar-refractivity contribution is 5.91. The van der Waals surface area contributed by atoms with Crippen LogP contribution in [0, 0.1) is 0 Å². The van der Waals surface area contributed by atoms with Gasteiger partial charge < -0.3 is 24.8 Å². The van der Waals surface area contributed by atoms with Gasteiger partial charge in [0, 0.05) is 12.4 Å². The number of carbonyl (C=O) groups is 2. The summed E-state index contributed by atoms with van der Waals surface area (Å²) in [5, 5.41) is 20.9. The van der Waals surface area contributed by atoms with Crippen LogP contribution in [0.25, 0.3) is 11.0 Å². The van der Waals surface area contributed by atoms with Gasteiger partial charge >= 0.3 is 0 Å². The van der Waals surface area contributed by atoms with Gasteiger partial charge in [-0.2, -0.15) is 0 Å². The molecular formula is C11H8N2O4-2. The van der Waals surface area contributed by atoms with E-state index < -0.39 is 11.9 Å². The molecule has 0 amide bonds. The molecule has 0 unspecified atom stereocenters. The predicted octanol–water partition coefficient (Wildman–Crippen LogP) is -1.39. The molecule has 1 aromatic carbocycles. The number of H-pyrrole nitrogens is 1. The Morgan fingerprint density at radius 2 is 2.06 bits per heavy atom. The molecule has 6 heteroatoms. The summed E-state index contributed by atoms with van der Waals surface area (Å²) in [6.07, 6.45) is 0.0881. The van der Waals surface area contributed by atoms with Crippen molar-refractivity contribution in [3.8, 4) is 0 Å². The Morgan fingerprint density at radius 1 is 1.29 bits per heavy atom. The molecule has 0 spiro atoms. The third kappa shape index (κ3) is 2.41. The number of imidazole rings is 1. The summed E-state index contributed by atoms with van der Waals surface area (Å²) in [4.78, 5) is 27.9. The van der Waals surface area contributed by atoms with E-state index >= 15 is 0 Å². The SMILES string of the molecule is O=C([O-])CCc1nc2ccc(C(=O)[O-])cc2[nH]1. The second-order valence-electron chi connectivity index (χ2n) is 3.57. The molecule has 1 aromatic heterocycles. The molecule has 1 N–H and O–H groups in total. The lowest BCUT2D eigenvalue weighted by atomic mass is 10.2. The van der Waals surface area contributed by atoms with Crippen LogP contribution in [0.1, 0.15) is 22.6 Å². The van der Waals surface area contributed by atoms with Gasteiger partial charge in [-0.25, -0.2) is 4.98 Å². The highest BCUT2D eigenvalue weighted by Gasteiger charge is 2.04. The van der Waals surface area contributed by atoms with Gasteiger partial charge in [-0.15, -0.1) is 0 Å². The summed E-state index contributed by atoms with van der Waals surface area (Å²) in [5.41, 5.74) is 1.18. The van der Waals surface area contributed by atoms with Crippen molar-refractivity contribution in [2.75, 3.05) is 0 Å². The van der Waals surface area contributed by atoms with Gasteiger partial charge in [-0.05, 0) is 24.1 Å². The number of nitrogens with zero attached hydrogens (tertiary/aromatic N) is 1. The number of carbonyl (C=O) groups excluding carboxylic acids is 2. The Hall–Kier alpha value is -2.37. The Kier molecular flexibility index (Phi) is 2.78. The number of hydrogen-bond acceptors (Lipinski definition) is 5. The van der Waals surface area contributed by atoms with Gasteiger partial charge in [-0.3, -0.25) is 0 Å². The topological polar surface area (TPSA) is 109 Å². The highest BCUT2D eigenvalue weighted by Crippen LogP contribution is 2.14. The van der Waals surface area contributed by atoms with E-state index in [0.717, 1.165) is 0 Å². The number of carboxylic acids is 2. The maximum absolute atomic E-state index is 10.6. The molecule has 1 heterocycles. The van der Waals surface area contributed by atoms with Gasteiger partial charge in [0.1, 0.15) is 5.82 Å². The van der Waals surface area contributed by atoms with E-state index in [9.17, 15) is 19.8 Å². The first kappa shape index (κ1) is 11.1. The number of hydrogen-bond donors (Lipinski definition) is 1. The van der Waals surface area contributed by atoms with Crippen LogP contribution in [-0.4, -0.2) is 21.9 Å². The van der Waals surface area contributed by atoms with Crippen molar-refractivity contribution in [1.29, 1.82) is 0 Å². The fraction of sp³-hybridized carbons (Fsp3) is 0.182. The summed E-state index contributed by atoms with van der Waals surface area (Å²) in [7, 11) is 0. The van der Waals surface area contributed by atoms with Gasteiger partial charge in [0.2, 0.25) is 0 Å². The molecule has 0 fully saturated rings. The number of nitrogens with one attached hydrogen (secondary N) is 1. The molecule has 0 radical (unpaired) electrons. The Labute approximate surface area is 95.9 Å². The zero-order chi connectivity index (χ0) is 12.4. The summed E-state index contributed by atoms with van der Waals surface area (Å²) in [6, 6.07) is 4.33. The van der Waals surface area contributed by atoms with Crippen LogP contribution in [0.5, 0.6) is 0 Å². The quantitative estimate of drug-likeness (QED) is 0.697. The van der Waals surface area contributed by atoms with Crippen LogP contribution in [-0.2, 0) is 11.2 Å². The van der Waals surface area contributed by atoms with E-state index in [-0.39, 0.29) is 18.4 Å². The number of aromatic amines is 1. The van der Waals surface area contributed by atoms with Gasteiger partial charge in [0.15, 0.2) is 0 Å². The standard InChI is InChI=1S/C11H10N2O4/c14-10(15)4-3-9-12-7-2-1-6(11(16)17)5-8(7)13-9/h1-2,5H,3-4H2,(H,12,13)(H,14,15)(H,16,17)/p-2. The molecular weight excluding hydrogens is 224 g/mol. The molecule has 88 valence electrons. The molecule has 6 nitrogen and oxygen atoms in total. The number of rotatable bonds is 4. The number of aliphatic carboxylic acids is 1. The third-order valence-electron chi connectivity index (χ3n) is 2.33. The maximum Gasteiger partial charge on any atom is 0.107 e. The highest BCUT2D eigenvalue weighted by atomic mass is 16.4. The zero-order valence-corrected chi connectivity index (χ0v) is 8.73. The van der Waals surface area contributed by atoms with Crippen LogP contribution in [0.2, 0.25) is 0 Å². The lowest BCUT2D eigenvalue weighted by molar-refractivity contribution is -0.305. The third-order valence-corrected chi connectivity index (χ3v) is 2.33.